The van der Waals surface area contributed by atoms with Crippen molar-refractivity contribution in [3.8, 4) is 0 Å². The molecule has 112 valence electrons. The van der Waals surface area contributed by atoms with Gasteiger partial charge in [-0.2, -0.15) is 0 Å². The average Bonchev–Trinajstić information content (AvgIpc) is 2.36. The number of amides is 3. The molecule has 0 atom stereocenters. The summed E-state index contributed by atoms with van der Waals surface area (Å²) in [4.78, 5) is 22.5. The molecular formula is C13H21ClN4O2. The molecule has 0 spiro atoms. The van der Waals surface area contributed by atoms with Crippen molar-refractivity contribution < 1.29 is 9.59 Å². The zero-order chi connectivity index (χ0) is 14.5. The van der Waals surface area contributed by atoms with Crippen LogP contribution in [0.5, 0.6) is 0 Å². The van der Waals surface area contributed by atoms with Crippen LogP contribution in [0, 0.1) is 0 Å². The smallest absolute Gasteiger partial charge is 0.312 e. The molecule has 0 fully saturated rings. The molecule has 0 aliphatic heterocycles. The van der Waals surface area contributed by atoms with E-state index in [0.717, 1.165) is 5.56 Å². The lowest BCUT2D eigenvalue weighted by Crippen LogP contribution is -2.48. The molecule has 0 bridgehead atoms. The minimum atomic E-state index is -0.577. The van der Waals surface area contributed by atoms with Crippen molar-refractivity contribution in [2.24, 2.45) is 11.5 Å². The van der Waals surface area contributed by atoms with E-state index in [4.69, 9.17) is 11.5 Å². The van der Waals surface area contributed by atoms with Crippen molar-refractivity contribution in [1.82, 2.24) is 10.6 Å². The number of benzene rings is 1. The van der Waals surface area contributed by atoms with Gasteiger partial charge in [0, 0.05) is 24.2 Å². The second kappa shape index (κ2) is 7.72. The highest BCUT2D eigenvalue weighted by Gasteiger charge is 2.18. The van der Waals surface area contributed by atoms with E-state index in [1.165, 1.54) is 0 Å². The zero-order valence-corrected chi connectivity index (χ0v) is 12.4. The van der Waals surface area contributed by atoms with E-state index in [9.17, 15) is 9.59 Å². The van der Waals surface area contributed by atoms with Crippen LogP contribution in [-0.4, -0.2) is 24.0 Å². The van der Waals surface area contributed by atoms with Crippen LogP contribution in [0.25, 0.3) is 0 Å². The first kappa shape index (κ1) is 18.2. The van der Waals surface area contributed by atoms with E-state index >= 15 is 0 Å². The number of halogens is 1. The lowest BCUT2D eigenvalue weighted by atomic mass is 10.0. The summed E-state index contributed by atoms with van der Waals surface area (Å²) in [6.07, 6.45) is 0. The molecule has 0 aliphatic carbocycles. The maximum absolute atomic E-state index is 11.9. The van der Waals surface area contributed by atoms with Gasteiger partial charge in [0.15, 0.2) is 0 Å². The van der Waals surface area contributed by atoms with Crippen molar-refractivity contribution in [1.29, 1.82) is 0 Å². The van der Waals surface area contributed by atoms with Gasteiger partial charge >= 0.3 is 6.03 Å². The molecule has 20 heavy (non-hydrogen) atoms. The number of urea groups is 1. The second-order valence-electron chi connectivity index (χ2n) is 4.96. The van der Waals surface area contributed by atoms with Gasteiger partial charge in [0.05, 0.1) is 0 Å². The first-order chi connectivity index (χ1) is 8.84. The molecular weight excluding hydrogens is 280 g/mol. The quantitative estimate of drug-likeness (QED) is 0.644. The van der Waals surface area contributed by atoms with Gasteiger partial charge in [0.1, 0.15) is 0 Å². The first-order valence-corrected chi connectivity index (χ1v) is 5.99. The predicted octanol–water partition coefficient (Wildman–Crippen LogP) is 0.744. The van der Waals surface area contributed by atoms with Crippen LogP contribution in [-0.2, 0) is 6.54 Å². The van der Waals surface area contributed by atoms with Crippen molar-refractivity contribution in [2.75, 3.05) is 6.54 Å². The Labute approximate surface area is 124 Å². The molecule has 0 saturated carbocycles. The predicted molar refractivity (Wildman–Crippen MR) is 80.7 cm³/mol. The number of rotatable bonds is 5. The molecule has 1 rings (SSSR count). The maximum atomic E-state index is 11.9. The molecule has 6 N–H and O–H groups in total. The molecule has 7 heteroatoms. The van der Waals surface area contributed by atoms with E-state index < -0.39 is 11.6 Å². The van der Waals surface area contributed by atoms with Gasteiger partial charge < -0.3 is 22.1 Å². The molecule has 0 radical (unpaired) electrons. The molecule has 0 aromatic heterocycles. The number of hydrogen-bond donors (Lipinski definition) is 4. The second-order valence-corrected chi connectivity index (χ2v) is 4.96. The van der Waals surface area contributed by atoms with Gasteiger partial charge in [-0.25, -0.2) is 4.79 Å². The minimum Gasteiger partial charge on any atom is -0.352 e. The molecule has 0 aliphatic rings. The summed E-state index contributed by atoms with van der Waals surface area (Å²) in [5, 5.41) is 5.32. The number of hydrogen-bond acceptors (Lipinski definition) is 3. The van der Waals surface area contributed by atoms with Crippen LogP contribution in [0.3, 0.4) is 0 Å². The topological polar surface area (TPSA) is 110 Å². The van der Waals surface area contributed by atoms with E-state index in [0.29, 0.717) is 18.7 Å². The van der Waals surface area contributed by atoms with Gasteiger partial charge in [-0.05, 0) is 31.5 Å². The molecule has 1 aromatic rings. The third-order valence-corrected chi connectivity index (χ3v) is 2.65. The van der Waals surface area contributed by atoms with E-state index in [2.05, 4.69) is 10.6 Å². The van der Waals surface area contributed by atoms with Gasteiger partial charge in [-0.15, -0.1) is 12.4 Å². The normalized spacial score (nSPS) is 10.3. The van der Waals surface area contributed by atoms with Crippen LogP contribution in [0.15, 0.2) is 24.3 Å². The van der Waals surface area contributed by atoms with Crippen molar-refractivity contribution in [3.05, 3.63) is 35.4 Å². The Hall–Kier alpha value is -1.79. The van der Waals surface area contributed by atoms with Crippen LogP contribution >= 0.6 is 12.4 Å². The van der Waals surface area contributed by atoms with Crippen LogP contribution < -0.4 is 22.1 Å². The number of primary amides is 1. The van der Waals surface area contributed by atoms with Gasteiger partial charge in [-0.1, -0.05) is 12.1 Å². The van der Waals surface area contributed by atoms with E-state index in [1.54, 1.807) is 24.3 Å². The van der Waals surface area contributed by atoms with Gasteiger partial charge in [-0.3, -0.25) is 4.79 Å². The van der Waals surface area contributed by atoms with Crippen molar-refractivity contribution in [2.45, 2.75) is 25.9 Å². The molecule has 1 aromatic carbocycles. The number of nitrogens with two attached hydrogens (primary N) is 2. The molecule has 3 amide bonds. The summed E-state index contributed by atoms with van der Waals surface area (Å²) >= 11 is 0. The fourth-order valence-electron chi connectivity index (χ4n) is 1.39. The fraction of sp³-hybridized carbons (Fsp3) is 0.385. The van der Waals surface area contributed by atoms with Crippen molar-refractivity contribution in [3.63, 3.8) is 0 Å². The molecule has 0 saturated heterocycles. The third kappa shape index (κ3) is 5.90. The number of nitrogens with one attached hydrogen (secondary N) is 2. The third-order valence-electron chi connectivity index (χ3n) is 2.65. The Kier molecular flexibility index (Phi) is 7.02. The zero-order valence-electron chi connectivity index (χ0n) is 11.6. The highest BCUT2D eigenvalue weighted by atomic mass is 35.5. The monoisotopic (exact) mass is 300 g/mol. The van der Waals surface area contributed by atoms with Crippen LogP contribution in [0.4, 0.5) is 4.79 Å². The van der Waals surface area contributed by atoms with Gasteiger partial charge in [0.25, 0.3) is 5.91 Å². The Morgan fingerprint density at radius 2 is 1.75 bits per heavy atom. The average molecular weight is 301 g/mol. The Morgan fingerprint density at radius 3 is 2.20 bits per heavy atom. The fourth-order valence-corrected chi connectivity index (χ4v) is 1.39. The molecule has 0 unspecified atom stereocenters. The highest BCUT2D eigenvalue weighted by molar-refractivity contribution is 5.94. The highest BCUT2D eigenvalue weighted by Crippen LogP contribution is 2.07. The summed E-state index contributed by atoms with van der Waals surface area (Å²) in [6, 6.07) is 6.34. The van der Waals surface area contributed by atoms with E-state index in [1.807, 2.05) is 13.8 Å². The summed E-state index contributed by atoms with van der Waals surface area (Å²) in [5.41, 5.74) is 11.5. The summed E-state index contributed by atoms with van der Waals surface area (Å²) < 4.78 is 0. The van der Waals surface area contributed by atoms with Crippen LogP contribution in [0.1, 0.15) is 29.8 Å². The molecule has 0 heterocycles. The Balaban J connectivity index is 0.00000361. The lowest BCUT2D eigenvalue weighted by Gasteiger charge is -2.24. The number of carbonyl (C=O) groups is 2. The summed E-state index contributed by atoms with van der Waals surface area (Å²) in [7, 11) is 0. The molecule has 6 nitrogen and oxygen atoms in total. The first-order valence-electron chi connectivity index (χ1n) is 5.99. The Morgan fingerprint density at radius 1 is 1.20 bits per heavy atom. The SMILES string of the molecule is CC(C)(CN)NC(=O)c1ccc(CNC(N)=O)cc1.Cl. The standard InChI is InChI=1S/C13H20N4O2.ClH/c1-13(2,8-14)17-11(18)10-5-3-9(4-6-10)7-16-12(15)19;/h3-6H,7-8,14H2,1-2H3,(H,17,18)(H3,15,16,19);1H. The van der Waals surface area contributed by atoms with E-state index in [-0.39, 0.29) is 18.3 Å². The van der Waals surface area contributed by atoms with Gasteiger partial charge in [0.2, 0.25) is 0 Å². The largest absolute Gasteiger partial charge is 0.352 e. The van der Waals surface area contributed by atoms with Crippen molar-refractivity contribution >= 4 is 24.3 Å². The Bertz CT molecular complexity index is 460. The maximum Gasteiger partial charge on any atom is 0.312 e. The number of carbonyl (C=O) groups excluding carboxylic acids is 2. The lowest BCUT2D eigenvalue weighted by molar-refractivity contribution is 0.0915. The summed E-state index contributed by atoms with van der Waals surface area (Å²) in [5.74, 6) is -0.176. The van der Waals surface area contributed by atoms with Crippen LogP contribution in [0.2, 0.25) is 0 Å². The summed E-state index contributed by atoms with van der Waals surface area (Å²) in [6.45, 7) is 4.41. The minimum absolute atomic E-state index is 0.